The van der Waals surface area contributed by atoms with E-state index in [0.717, 1.165) is 11.1 Å². The van der Waals surface area contributed by atoms with Gasteiger partial charge in [0.1, 0.15) is 0 Å². The molecule has 0 aromatic heterocycles. The van der Waals surface area contributed by atoms with Gasteiger partial charge in [0.15, 0.2) is 0 Å². The van der Waals surface area contributed by atoms with E-state index in [1.165, 1.54) is 0 Å². The van der Waals surface area contributed by atoms with Crippen LogP contribution in [0.3, 0.4) is 0 Å². The molecule has 2 N–H and O–H groups in total. The molecule has 9 nitrogen and oxygen atoms in total. The van der Waals surface area contributed by atoms with Crippen LogP contribution in [0.2, 0.25) is 0 Å². The number of fused-ring (bicyclic) bond motifs is 3. The third kappa shape index (κ3) is 5.67. The Hall–Kier alpha value is -2.15. The fourth-order valence-corrected chi connectivity index (χ4v) is 7.65. The van der Waals surface area contributed by atoms with E-state index >= 15 is 0 Å². The van der Waals surface area contributed by atoms with Crippen LogP contribution < -0.4 is 9.44 Å². The molecule has 2 aromatic rings. The summed E-state index contributed by atoms with van der Waals surface area (Å²) in [5.74, 6) is 0. The van der Waals surface area contributed by atoms with E-state index in [1.54, 1.807) is 36.4 Å². The standard InChI is InChI=1S/C26H33N3O6S2/c1-17(2)27-26-24-15-20(36(30,31)28-18-7-11-34-12-8-18)3-5-22(24)23-6-4-21(16-25(23)26)37(32,33)29-19-9-13-35-14-10-19/h3-6,15-19,28-29H,7-14H2,1-2H3. The van der Waals surface area contributed by atoms with Crippen LogP contribution >= 0.6 is 0 Å². The van der Waals surface area contributed by atoms with Gasteiger partial charge < -0.3 is 9.47 Å². The lowest BCUT2D eigenvalue weighted by molar-refractivity contribution is 0.0830. The molecule has 37 heavy (non-hydrogen) atoms. The molecular formula is C26H33N3O6S2. The van der Waals surface area contributed by atoms with Crippen LogP contribution in [0.1, 0.15) is 50.7 Å². The minimum absolute atomic E-state index is 0.0740. The summed E-state index contributed by atoms with van der Waals surface area (Å²) in [6.07, 6.45) is 2.54. The number of benzene rings is 2. The monoisotopic (exact) mass is 547 g/mol. The van der Waals surface area contributed by atoms with Gasteiger partial charge in [-0.25, -0.2) is 26.3 Å². The SMILES string of the molecule is CC(C)N=C1c2cc(S(=O)(=O)NC3CCOCC3)ccc2-c2ccc(S(=O)(=O)NC3CCOCC3)cc21. The van der Waals surface area contributed by atoms with Crippen LogP contribution in [0, 0.1) is 0 Å². The molecule has 2 heterocycles. The molecule has 0 amide bonds. The minimum atomic E-state index is -3.75. The molecule has 0 radical (unpaired) electrons. The molecule has 11 heteroatoms. The summed E-state index contributed by atoms with van der Waals surface area (Å²) in [4.78, 5) is 5.12. The van der Waals surface area contributed by atoms with Gasteiger partial charge in [0.25, 0.3) is 0 Å². The molecule has 2 aromatic carbocycles. The van der Waals surface area contributed by atoms with E-state index in [1.807, 2.05) is 13.8 Å². The van der Waals surface area contributed by atoms with E-state index < -0.39 is 20.0 Å². The van der Waals surface area contributed by atoms with Crippen LogP contribution in [-0.2, 0) is 29.5 Å². The van der Waals surface area contributed by atoms with Crippen molar-refractivity contribution in [1.29, 1.82) is 0 Å². The van der Waals surface area contributed by atoms with Crippen molar-refractivity contribution in [2.75, 3.05) is 26.4 Å². The first-order valence-corrected chi connectivity index (χ1v) is 15.7. The number of aliphatic imine (C=N–C) groups is 1. The van der Waals surface area contributed by atoms with E-state index in [4.69, 9.17) is 14.5 Å². The van der Waals surface area contributed by atoms with Gasteiger partial charge in [0.2, 0.25) is 20.0 Å². The van der Waals surface area contributed by atoms with Gasteiger partial charge in [-0.1, -0.05) is 12.1 Å². The van der Waals surface area contributed by atoms with Gasteiger partial charge in [-0.15, -0.1) is 0 Å². The quantitative estimate of drug-likeness (QED) is 0.469. The molecule has 200 valence electrons. The highest BCUT2D eigenvalue weighted by Crippen LogP contribution is 2.39. The predicted molar refractivity (Wildman–Crippen MR) is 141 cm³/mol. The first kappa shape index (κ1) is 26.5. The van der Waals surface area contributed by atoms with E-state index in [-0.39, 0.29) is 27.9 Å². The number of sulfonamides is 2. The van der Waals surface area contributed by atoms with Crippen molar-refractivity contribution in [2.45, 2.75) is 67.4 Å². The van der Waals surface area contributed by atoms with E-state index in [2.05, 4.69) is 9.44 Å². The summed E-state index contributed by atoms with van der Waals surface area (Å²) in [5, 5.41) is 0. The molecule has 0 bridgehead atoms. The second-order valence-corrected chi connectivity index (χ2v) is 13.4. The van der Waals surface area contributed by atoms with Crippen molar-refractivity contribution in [2.24, 2.45) is 4.99 Å². The van der Waals surface area contributed by atoms with Gasteiger partial charge in [0.05, 0.1) is 15.5 Å². The average Bonchev–Trinajstić information content (AvgIpc) is 3.16. The highest BCUT2D eigenvalue weighted by atomic mass is 32.2. The topological polar surface area (TPSA) is 123 Å². The molecule has 0 unspecified atom stereocenters. The summed E-state index contributed by atoms with van der Waals surface area (Å²) in [5.41, 5.74) is 3.64. The molecule has 1 aliphatic carbocycles. The maximum atomic E-state index is 13.2. The number of hydrogen-bond acceptors (Lipinski definition) is 7. The Balaban J connectivity index is 1.49. The van der Waals surface area contributed by atoms with Gasteiger partial charge in [0, 0.05) is 55.7 Å². The van der Waals surface area contributed by atoms with Crippen molar-refractivity contribution in [1.82, 2.24) is 9.44 Å². The van der Waals surface area contributed by atoms with Gasteiger partial charge in [-0.05, 0) is 74.9 Å². The number of rotatable bonds is 7. The average molecular weight is 548 g/mol. The van der Waals surface area contributed by atoms with Crippen LogP contribution in [0.25, 0.3) is 11.1 Å². The lowest BCUT2D eigenvalue weighted by Crippen LogP contribution is -2.38. The lowest BCUT2D eigenvalue weighted by Gasteiger charge is -2.23. The molecule has 2 saturated heterocycles. The largest absolute Gasteiger partial charge is 0.381 e. The fraction of sp³-hybridized carbons (Fsp3) is 0.500. The third-order valence-corrected chi connectivity index (χ3v) is 9.91. The molecule has 0 atom stereocenters. The first-order chi connectivity index (χ1) is 17.6. The highest BCUT2D eigenvalue weighted by Gasteiger charge is 2.31. The molecule has 3 aliphatic rings. The number of nitrogens with one attached hydrogen (secondary N) is 2. The molecule has 0 saturated carbocycles. The maximum Gasteiger partial charge on any atom is 0.240 e. The molecular weight excluding hydrogens is 514 g/mol. The second kappa shape index (κ2) is 10.5. The van der Waals surface area contributed by atoms with Crippen molar-refractivity contribution >= 4 is 25.8 Å². The Labute approximate surface area is 218 Å². The van der Waals surface area contributed by atoms with Crippen LogP contribution in [0.5, 0.6) is 0 Å². The number of nitrogens with zero attached hydrogens (tertiary/aromatic N) is 1. The zero-order valence-corrected chi connectivity index (χ0v) is 22.7. The number of ether oxygens (including phenoxy) is 2. The lowest BCUT2D eigenvalue weighted by atomic mass is 10.1. The Morgan fingerprint density at radius 2 is 1.11 bits per heavy atom. The fourth-order valence-electron chi connectivity index (χ4n) is 4.99. The van der Waals surface area contributed by atoms with Crippen LogP contribution in [-0.4, -0.2) is 67.1 Å². The van der Waals surface area contributed by atoms with Crippen molar-refractivity contribution in [3.8, 4) is 11.1 Å². The maximum absolute atomic E-state index is 13.2. The normalized spacial score (nSPS) is 19.2. The third-order valence-electron chi connectivity index (χ3n) is 6.88. The zero-order chi connectivity index (χ0) is 26.2. The van der Waals surface area contributed by atoms with Crippen LogP contribution in [0.15, 0.2) is 51.2 Å². The van der Waals surface area contributed by atoms with E-state index in [9.17, 15) is 16.8 Å². The smallest absolute Gasteiger partial charge is 0.240 e. The minimum Gasteiger partial charge on any atom is -0.381 e. The Bertz CT molecular complexity index is 1310. The Morgan fingerprint density at radius 3 is 1.49 bits per heavy atom. The van der Waals surface area contributed by atoms with Crippen molar-refractivity contribution in [3.63, 3.8) is 0 Å². The van der Waals surface area contributed by atoms with Crippen molar-refractivity contribution < 1.29 is 26.3 Å². The highest BCUT2D eigenvalue weighted by molar-refractivity contribution is 7.89. The van der Waals surface area contributed by atoms with Gasteiger partial charge in [-0.3, -0.25) is 4.99 Å². The van der Waals surface area contributed by atoms with Gasteiger partial charge in [-0.2, -0.15) is 0 Å². The summed E-state index contributed by atoms with van der Waals surface area (Å²) in [6.45, 7) is 6.01. The summed E-state index contributed by atoms with van der Waals surface area (Å²) < 4.78 is 69.0. The van der Waals surface area contributed by atoms with Crippen molar-refractivity contribution in [3.05, 3.63) is 47.5 Å². The Morgan fingerprint density at radius 1 is 0.703 bits per heavy atom. The molecule has 5 rings (SSSR count). The molecule has 2 fully saturated rings. The van der Waals surface area contributed by atoms with Gasteiger partial charge >= 0.3 is 0 Å². The van der Waals surface area contributed by atoms with Crippen LogP contribution in [0.4, 0.5) is 0 Å². The second-order valence-electron chi connectivity index (χ2n) is 10.0. The summed E-state index contributed by atoms with van der Waals surface area (Å²) in [6, 6.07) is 9.65. The molecule has 2 aliphatic heterocycles. The zero-order valence-electron chi connectivity index (χ0n) is 21.1. The molecule has 0 spiro atoms. The summed E-state index contributed by atoms with van der Waals surface area (Å²) >= 11 is 0. The van der Waals surface area contributed by atoms with E-state index in [0.29, 0.717) is 68.9 Å². The predicted octanol–water partition coefficient (Wildman–Crippen LogP) is 2.83. The summed E-state index contributed by atoms with van der Waals surface area (Å²) in [7, 11) is -7.49. The first-order valence-electron chi connectivity index (χ1n) is 12.7. The number of hydrogen-bond donors (Lipinski definition) is 2. The Kier molecular flexibility index (Phi) is 7.54.